The molecule has 0 atom stereocenters. The molecule has 0 aliphatic carbocycles. The maximum Gasteiger partial charge on any atom is 0.118 e. The third kappa shape index (κ3) is 4.34. The van der Waals surface area contributed by atoms with E-state index in [0.717, 1.165) is 17.9 Å². The van der Waals surface area contributed by atoms with Crippen LogP contribution in [0.5, 0.6) is 5.75 Å². The summed E-state index contributed by atoms with van der Waals surface area (Å²) in [5, 5.41) is 0. The Morgan fingerprint density at radius 3 is 2.44 bits per heavy atom. The molecule has 0 aliphatic rings. The zero-order valence-electron chi connectivity index (χ0n) is 10.2. The molecule has 0 spiro atoms. The summed E-state index contributed by atoms with van der Waals surface area (Å²) in [7, 11) is 1.66. The molecule has 0 aliphatic heterocycles. The summed E-state index contributed by atoms with van der Waals surface area (Å²) in [4.78, 5) is 4.32. The zero-order valence-corrected chi connectivity index (χ0v) is 10.2. The van der Waals surface area contributed by atoms with Crippen LogP contribution in [0.25, 0.3) is 0 Å². The van der Waals surface area contributed by atoms with Crippen molar-refractivity contribution >= 4 is 5.84 Å². The molecule has 1 rings (SSSR count). The predicted octanol–water partition coefficient (Wildman–Crippen LogP) is 2.25. The second-order valence-corrected chi connectivity index (χ2v) is 4.25. The summed E-state index contributed by atoms with van der Waals surface area (Å²) in [6, 6.07) is 7.89. The van der Waals surface area contributed by atoms with Crippen molar-refractivity contribution in [2.24, 2.45) is 16.6 Å². The lowest BCUT2D eigenvalue weighted by atomic mass is 10.1. The Morgan fingerprint density at radius 1 is 1.31 bits per heavy atom. The molecular weight excluding hydrogens is 200 g/mol. The fraction of sp³-hybridized carbons (Fsp3) is 0.462. The van der Waals surface area contributed by atoms with Gasteiger partial charge in [0.1, 0.15) is 5.75 Å². The van der Waals surface area contributed by atoms with Gasteiger partial charge in [0.2, 0.25) is 0 Å². The van der Waals surface area contributed by atoms with E-state index in [9.17, 15) is 0 Å². The van der Waals surface area contributed by atoms with Gasteiger partial charge in [0, 0.05) is 13.0 Å². The molecule has 2 N–H and O–H groups in total. The molecule has 3 heteroatoms. The molecular formula is C13H20N2O. The summed E-state index contributed by atoms with van der Waals surface area (Å²) in [6.07, 6.45) is 0.705. The minimum atomic E-state index is 0.550. The van der Waals surface area contributed by atoms with Crippen molar-refractivity contribution in [3.05, 3.63) is 29.8 Å². The zero-order chi connectivity index (χ0) is 12.0. The maximum absolute atomic E-state index is 5.84. The highest BCUT2D eigenvalue weighted by atomic mass is 16.5. The van der Waals surface area contributed by atoms with E-state index < -0.39 is 0 Å². The Hall–Kier alpha value is -1.51. The number of methoxy groups -OCH3 is 1. The molecule has 0 radical (unpaired) electrons. The number of hydrogen-bond acceptors (Lipinski definition) is 2. The van der Waals surface area contributed by atoms with E-state index in [4.69, 9.17) is 10.5 Å². The van der Waals surface area contributed by atoms with Crippen molar-refractivity contribution in [3.63, 3.8) is 0 Å². The van der Waals surface area contributed by atoms with Crippen LogP contribution < -0.4 is 10.5 Å². The van der Waals surface area contributed by atoms with Crippen LogP contribution in [-0.2, 0) is 6.42 Å². The van der Waals surface area contributed by atoms with Crippen molar-refractivity contribution in [3.8, 4) is 5.75 Å². The van der Waals surface area contributed by atoms with Gasteiger partial charge in [0.15, 0.2) is 0 Å². The third-order valence-corrected chi connectivity index (χ3v) is 2.20. The Labute approximate surface area is 97.3 Å². The van der Waals surface area contributed by atoms with Crippen LogP contribution in [0.1, 0.15) is 19.4 Å². The molecule has 0 aromatic heterocycles. The Bertz CT molecular complexity index is 341. The Kier molecular flexibility index (Phi) is 4.83. The third-order valence-electron chi connectivity index (χ3n) is 2.20. The van der Waals surface area contributed by atoms with Crippen LogP contribution in [0.3, 0.4) is 0 Å². The van der Waals surface area contributed by atoms with E-state index in [2.05, 4.69) is 18.8 Å². The fourth-order valence-corrected chi connectivity index (χ4v) is 1.31. The number of nitrogens with two attached hydrogens (primary N) is 1. The Balaban J connectivity index is 2.55. The molecule has 0 bridgehead atoms. The van der Waals surface area contributed by atoms with E-state index in [1.165, 1.54) is 0 Å². The van der Waals surface area contributed by atoms with Gasteiger partial charge in [0.05, 0.1) is 12.9 Å². The topological polar surface area (TPSA) is 47.6 Å². The first-order valence-corrected chi connectivity index (χ1v) is 5.53. The van der Waals surface area contributed by atoms with Crippen LogP contribution >= 0.6 is 0 Å². The molecule has 0 saturated heterocycles. The van der Waals surface area contributed by atoms with Crippen molar-refractivity contribution in [2.75, 3.05) is 13.7 Å². The largest absolute Gasteiger partial charge is 0.497 e. The Morgan fingerprint density at radius 2 is 1.94 bits per heavy atom. The first-order chi connectivity index (χ1) is 7.61. The number of aliphatic imine (C=N–C) groups is 1. The number of amidine groups is 1. The smallest absolute Gasteiger partial charge is 0.118 e. The van der Waals surface area contributed by atoms with Gasteiger partial charge in [-0.05, 0) is 23.6 Å². The maximum atomic E-state index is 5.84. The first kappa shape index (κ1) is 12.6. The summed E-state index contributed by atoms with van der Waals surface area (Å²) in [5.41, 5.74) is 7.00. The number of rotatable bonds is 5. The van der Waals surface area contributed by atoms with Crippen LogP contribution in [-0.4, -0.2) is 19.5 Å². The van der Waals surface area contributed by atoms with Gasteiger partial charge in [0.25, 0.3) is 0 Å². The second-order valence-electron chi connectivity index (χ2n) is 4.25. The molecule has 0 fully saturated rings. The molecule has 0 heterocycles. The summed E-state index contributed by atoms with van der Waals surface area (Å²) < 4.78 is 5.09. The average molecular weight is 220 g/mol. The molecule has 0 unspecified atom stereocenters. The number of benzene rings is 1. The van der Waals surface area contributed by atoms with E-state index >= 15 is 0 Å². The highest BCUT2D eigenvalue weighted by Gasteiger charge is 1.98. The molecule has 1 aromatic rings. The molecule has 88 valence electrons. The highest BCUT2D eigenvalue weighted by Crippen LogP contribution is 2.11. The SMILES string of the molecule is COc1ccc(CC(N)=NCC(C)C)cc1. The van der Waals surface area contributed by atoms with Crippen LogP contribution in [0.4, 0.5) is 0 Å². The van der Waals surface area contributed by atoms with Crippen LogP contribution in [0.15, 0.2) is 29.3 Å². The van der Waals surface area contributed by atoms with Crippen LogP contribution in [0, 0.1) is 5.92 Å². The molecule has 0 amide bonds. The minimum absolute atomic E-state index is 0.550. The lowest BCUT2D eigenvalue weighted by molar-refractivity contribution is 0.414. The first-order valence-electron chi connectivity index (χ1n) is 5.53. The van der Waals surface area contributed by atoms with Crippen molar-refractivity contribution in [2.45, 2.75) is 20.3 Å². The highest BCUT2D eigenvalue weighted by molar-refractivity contribution is 5.82. The lowest BCUT2D eigenvalue weighted by Crippen LogP contribution is -2.16. The standard InChI is InChI=1S/C13H20N2O/c1-10(2)9-15-13(14)8-11-4-6-12(16-3)7-5-11/h4-7,10H,8-9H2,1-3H3,(H2,14,15). The van der Waals surface area contributed by atoms with E-state index in [1.807, 2.05) is 24.3 Å². The molecule has 3 nitrogen and oxygen atoms in total. The lowest BCUT2D eigenvalue weighted by Gasteiger charge is -2.04. The second kappa shape index (κ2) is 6.16. The van der Waals surface area contributed by atoms with Gasteiger partial charge < -0.3 is 10.5 Å². The fourth-order valence-electron chi connectivity index (χ4n) is 1.31. The monoisotopic (exact) mass is 220 g/mol. The summed E-state index contributed by atoms with van der Waals surface area (Å²) >= 11 is 0. The van der Waals surface area contributed by atoms with Gasteiger partial charge in [-0.15, -0.1) is 0 Å². The van der Waals surface area contributed by atoms with Crippen LogP contribution in [0.2, 0.25) is 0 Å². The van der Waals surface area contributed by atoms with Gasteiger partial charge in [-0.3, -0.25) is 4.99 Å². The quantitative estimate of drug-likeness (QED) is 0.611. The molecule has 1 aromatic carbocycles. The summed E-state index contributed by atoms with van der Waals surface area (Å²) in [6.45, 7) is 5.05. The number of ether oxygens (including phenoxy) is 1. The van der Waals surface area contributed by atoms with E-state index in [1.54, 1.807) is 7.11 Å². The summed E-state index contributed by atoms with van der Waals surface area (Å²) in [5.74, 6) is 2.11. The number of nitrogens with zero attached hydrogens (tertiary/aromatic N) is 1. The molecule has 0 saturated carbocycles. The van der Waals surface area contributed by atoms with Crippen molar-refractivity contribution < 1.29 is 4.74 Å². The van der Waals surface area contributed by atoms with Crippen molar-refractivity contribution in [1.29, 1.82) is 0 Å². The number of hydrogen-bond donors (Lipinski definition) is 1. The minimum Gasteiger partial charge on any atom is -0.497 e. The van der Waals surface area contributed by atoms with E-state index in [0.29, 0.717) is 18.2 Å². The van der Waals surface area contributed by atoms with Gasteiger partial charge in [-0.25, -0.2) is 0 Å². The van der Waals surface area contributed by atoms with Gasteiger partial charge in [-0.1, -0.05) is 26.0 Å². The van der Waals surface area contributed by atoms with Crippen molar-refractivity contribution in [1.82, 2.24) is 0 Å². The van der Waals surface area contributed by atoms with Gasteiger partial charge in [-0.2, -0.15) is 0 Å². The average Bonchev–Trinajstić information content (AvgIpc) is 2.27. The normalized spacial score (nSPS) is 11.9. The predicted molar refractivity (Wildman–Crippen MR) is 68.0 cm³/mol. The van der Waals surface area contributed by atoms with E-state index in [-0.39, 0.29) is 0 Å². The molecule has 16 heavy (non-hydrogen) atoms. The van der Waals surface area contributed by atoms with Gasteiger partial charge >= 0.3 is 0 Å².